The number of methoxy groups -OCH3 is 1. The minimum absolute atomic E-state index is 0. The number of carbonyl (C=O) groups is 3. The summed E-state index contributed by atoms with van der Waals surface area (Å²) in [6.07, 6.45) is 4.74. The molecule has 3 aliphatic heterocycles. The molecule has 3 unspecified atom stereocenters. The Morgan fingerprint density at radius 3 is 2.68 bits per heavy atom. The van der Waals surface area contributed by atoms with Crippen LogP contribution in [0.25, 0.3) is 10.9 Å². The quantitative estimate of drug-likeness (QED) is 0.690. The molecule has 1 aromatic carbocycles. The average Bonchev–Trinajstić information content (AvgIpc) is 3.11. The van der Waals surface area contributed by atoms with Crippen molar-refractivity contribution in [1.29, 1.82) is 0 Å². The Kier molecular flexibility index (Phi) is 5.60. The molecule has 1 saturated heterocycles. The molecule has 3 aliphatic rings. The molecule has 4 heterocycles. The lowest BCUT2D eigenvalue weighted by Crippen LogP contribution is -2.59. The smallest absolute Gasteiger partial charge is 0.328 e. The molecule has 0 bridgehead atoms. The number of carbonyl (C=O) groups excluding carboxylic acids is 3. The summed E-state index contributed by atoms with van der Waals surface area (Å²) in [5, 5.41) is 1.12. The first-order valence-electron chi connectivity index (χ1n) is 10.6. The Bertz CT molecular complexity index is 1070. The monoisotopic (exact) mass is 430 g/mol. The highest BCUT2D eigenvalue weighted by Gasteiger charge is 2.52. The van der Waals surface area contributed by atoms with Crippen molar-refractivity contribution in [2.24, 2.45) is 11.8 Å². The molecule has 5 atom stereocenters. The molecule has 2 aromatic rings. The Morgan fingerprint density at radius 1 is 1.26 bits per heavy atom. The van der Waals surface area contributed by atoms with E-state index in [1.54, 1.807) is 11.2 Å². The Hall–Kier alpha value is -3.09. The maximum absolute atomic E-state index is 13.5. The number of aromatic amines is 1. The molecule has 1 aromatic heterocycles. The number of benzene rings is 1. The summed E-state index contributed by atoms with van der Waals surface area (Å²) in [7, 11) is 1.38. The van der Waals surface area contributed by atoms with Gasteiger partial charge in [0.25, 0.3) is 0 Å². The number of Topliss-reactive ketones (excluding diaryl/α,β-unsaturated/α-hetero) is 1. The normalized spacial score (nSPS) is 28.5. The predicted molar refractivity (Wildman–Crippen MR) is 121 cm³/mol. The minimum atomic E-state index is -0.599. The standard InChI is InChI=1S/C21H22N2O4.C3H6O.3H2/c1-11-18-12(7-8-27-11)9-16-19-14(13-5-3-4-6-15(13)22-19)10-17(21(25)26-2)23(16)20(18)24;1-3(2)4;;;/h3-8,11-12,16-18,22H,9-10H2,1-2H3;1-2H3;3*1H/t11-,12?,16?,17-,18?;;;;/m0..../s1. The first-order chi connectivity index (χ1) is 14.8. The summed E-state index contributed by atoms with van der Waals surface area (Å²) in [5.74, 6) is -0.363. The van der Waals surface area contributed by atoms with E-state index in [4.69, 9.17) is 9.47 Å². The lowest BCUT2D eigenvalue weighted by Gasteiger charge is -2.49. The number of H-pyrrole nitrogens is 1. The van der Waals surface area contributed by atoms with E-state index in [2.05, 4.69) is 11.1 Å². The highest BCUT2D eigenvalue weighted by atomic mass is 16.5. The number of ketones is 1. The number of rotatable bonds is 1. The second-order valence-electron chi connectivity index (χ2n) is 8.57. The van der Waals surface area contributed by atoms with Gasteiger partial charge in [-0.15, -0.1) is 0 Å². The molecule has 0 radical (unpaired) electrons. The second-order valence-corrected chi connectivity index (χ2v) is 8.57. The van der Waals surface area contributed by atoms with Crippen LogP contribution in [0.5, 0.6) is 0 Å². The van der Waals surface area contributed by atoms with Crippen molar-refractivity contribution in [2.45, 2.75) is 51.8 Å². The van der Waals surface area contributed by atoms with Gasteiger partial charge in [-0.2, -0.15) is 0 Å². The van der Waals surface area contributed by atoms with E-state index in [1.807, 2.05) is 31.2 Å². The SMILES string of the molecule is CC(C)=O.COC(=O)[C@@H]1Cc2c([nH]c3ccccc23)C2CC3C=CO[C@@H](C)C3C(=O)N21.[HH].[HH].[HH]. The van der Waals surface area contributed by atoms with Gasteiger partial charge in [-0.1, -0.05) is 18.2 Å². The third-order valence-electron chi connectivity index (χ3n) is 6.34. The number of amides is 1. The first kappa shape index (κ1) is 21.2. The molecule has 7 heteroatoms. The molecule has 1 amide bonds. The highest BCUT2D eigenvalue weighted by Crippen LogP contribution is 2.47. The van der Waals surface area contributed by atoms with Crippen LogP contribution < -0.4 is 0 Å². The number of fused-ring (bicyclic) bond motifs is 6. The Labute approximate surface area is 185 Å². The van der Waals surface area contributed by atoms with Gasteiger partial charge in [0.15, 0.2) is 0 Å². The summed E-state index contributed by atoms with van der Waals surface area (Å²) in [6, 6.07) is 7.34. The van der Waals surface area contributed by atoms with Crippen molar-refractivity contribution in [1.82, 2.24) is 9.88 Å². The van der Waals surface area contributed by atoms with Gasteiger partial charge in [-0.05, 0) is 50.8 Å². The molecule has 1 N–H and O–H groups in total. The van der Waals surface area contributed by atoms with E-state index >= 15 is 0 Å². The summed E-state index contributed by atoms with van der Waals surface area (Å²) in [4.78, 5) is 40.8. The van der Waals surface area contributed by atoms with E-state index < -0.39 is 6.04 Å². The Balaban J connectivity index is 0.000000770. The molecule has 31 heavy (non-hydrogen) atoms. The third-order valence-corrected chi connectivity index (χ3v) is 6.34. The van der Waals surface area contributed by atoms with Crippen LogP contribution in [0.4, 0.5) is 0 Å². The number of hydrogen-bond acceptors (Lipinski definition) is 5. The second kappa shape index (κ2) is 8.21. The highest BCUT2D eigenvalue weighted by molar-refractivity contribution is 5.92. The molecule has 0 aliphatic carbocycles. The molecule has 0 spiro atoms. The zero-order valence-corrected chi connectivity index (χ0v) is 18.3. The molecule has 170 valence electrons. The predicted octanol–water partition coefficient (Wildman–Crippen LogP) is 4.04. The lowest BCUT2D eigenvalue weighted by molar-refractivity contribution is -0.166. The molecule has 5 rings (SSSR count). The number of hydrogen-bond donors (Lipinski definition) is 1. The van der Waals surface area contributed by atoms with Gasteiger partial charge in [0.05, 0.1) is 25.3 Å². The molecular weight excluding hydrogens is 396 g/mol. The topological polar surface area (TPSA) is 88.7 Å². The van der Waals surface area contributed by atoms with E-state index in [9.17, 15) is 14.4 Å². The number of nitrogens with zero attached hydrogens (tertiary/aromatic N) is 1. The van der Waals surface area contributed by atoms with Crippen LogP contribution in [-0.4, -0.2) is 46.8 Å². The zero-order chi connectivity index (χ0) is 22.3. The van der Waals surface area contributed by atoms with Crippen LogP contribution >= 0.6 is 0 Å². The van der Waals surface area contributed by atoms with Gasteiger partial charge in [-0.3, -0.25) is 4.79 Å². The number of aromatic nitrogens is 1. The van der Waals surface area contributed by atoms with Crippen molar-refractivity contribution < 1.29 is 28.1 Å². The molecule has 0 saturated carbocycles. The molecule has 1 fully saturated rings. The van der Waals surface area contributed by atoms with Crippen LogP contribution in [0.3, 0.4) is 0 Å². The molecule has 7 nitrogen and oxygen atoms in total. The zero-order valence-electron chi connectivity index (χ0n) is 18.3. The summed E-state index contributed by atoms with van der Waals surface area (Å²) in [6.45, 7) is 4.98. The maximum Gasteiger partial charge on any atom is 0.328 e. The Morgan fingerprint density at radius 2 is 1.97 bits per heavy atom. The van der Waals surface area contributed by atoms with Crippen molar-refractivity contribution in [2.75, 3.05) is 7.11 Å². The first-order valence-corrected chi connectivity index (χ1v) is 10.6. The van der Waals surface area contributed by atoms with Gasteiger partial charge in [0.2, 0.25) is 5.91 Å². The fourth-order valence-electron chi connectivity index (χ4n) is 5.11. The van der Waals surface area contributed by atoms with E-state index in [0.29, 0.717) is 6.42 Å². The van der Waals surface area contributed by atoms with Crippen LogP contribution in [-0.2, 0) is 30.3 Å². The summed E-state index contributed by atoms with van der Waals surface area (Å²) < 4.78 is 10.7. The fourth-order valence-corrected chi connectivity index (χ4v) is 5.11. The number of ether oxygens (including phenoxy) is 2. The molecular formula is C24H34N2O5. The third kappa shape index (κ3) is 3.62. The van der Waals surface area contributed by atoms with E-state index in [-0.39, 0.29) is 45.9 Å². The summed E-state index contributed by atoms with van der Waals surface area (Å²) in [5.41, 5.74) is 3.21. The van der Waals surface area contributed by atoms with Gasteiger partial charge in [-0.25, -0.2) is 4.79 Å². The lowest BCUT2D eigenvalue weighted by atomic mass is 9.73. The maximum atomic E-state index is 13.5. The van der Waals surface area contributed by atoms with Crippen molar-refractivity contribution >= 4 is 28.6 Å². The van der Waals surface area contributed by atoms with Gasteiger partial charge >= 0.3 is 5.97 Å². The van der Waals surface area contributed by atoms with Crippen molar-refractivity contribution in [3.63, 3.8) is 0 Å². The number of allylic oxidation sites excluding steroid dienone is 1. The van der Waals surface area contributed by atoms with Crippen LogP contribution in [0.15, 0.2) is 36.6 Å². The number of nitrogens with one attached hydrogen (secondary N) is 1. The number of esters is 1. The minimum Gasteiger partial charge on any atom is -0.498 e. The van der Waals surface area contributed by atoms with Crippen molar-refractivity contribution in [3.8, 4) is 0 Å². The van der Waals surface area contributed by atoms with E-state index in [0.717, 1.165) is 28.6 Å². The van der Waals surface area contributed by atoms with Crippen LogP contribution in [0.2, 0.25) is 0 Å². The van der Waals surface area contributed by atoms with Gasteiger partial charge in [0, 0.05) is 27.3 Å². The number of para-hydroxylation sites is 1. The van der Waals surface area contributed by atoms with Gasteiger partial charge in [0.1, 0.15) is 17.9 Å². The van der Waals surface area contributed by atoms with Crippen LogP contribution in [0, 0.1) is 11.8 Å². The van der Waals surface area contributed by atoms with E-state index in [1.165, 1.54) is 21.0 Å². The summed E-state index contributed by atoms with van der Waals surface area (Å²) >= 11 is 0. The van der Waals surface area contributed by atoms with Crippen LogP contribution in [0.1, 0.15) is 48.8 Å². The fraction of sp³-hybridized carbons (Fsp3) is 0.458. The van der Waals surface area contributed by atoms with Gasteiger partial charge < -0.3 is 24.2 Å². The van der Waals surface area contributed by atoms with Crippen molar-refractivity contribution in [3.05, 3.63) is 47.9 Å². The number of piperidine rings is 1. The average molecular weight is 431 g/mol. The largest absolute Gasteiger partial charge is 0.498 e.